The number of piperidine rings is 1. The quantitative estimate of drug-likeness (QED) is 0.800. The maximum Gasteiger partial charge on any atom is 0.236 e. The lowest BCUT2D eigenvalue weighted by molar-refractivity contribution is -0.123. The average Bonchev–Trinajstić information content (AvgIpc) is 3.14. The van der Waals surface area contributed by atoms with Gasteiger partial charge < -0.3 is 20.3 Å². The molecule has 3 rings (SSSR count). The van der Waals surface area contributed by atoms with Crippen molar-refractivity contribution in [3.63, 3.8) is 0 Å². The first kappa shape index (κ1) is 18.1. The average molecular weight is 347 g/mol. The first-order valence-corrected chi connectivity index (χ1v) is 9.32. The van der Waals surface area contributed by atoms with Crippen molar-refractivity contribution in [3.05, 3.63) is 17.8 Å². The van der Waals surface area contributed by atoms with E-state index in [2.05, 4.69) is 25.7 Å². The number of amides is 1. The molecule has 3 atom stereocenters. The van der Waals surface area contributed by atoms with Crippen molar-refractivity contribution in [2.24, 2.45) is 0 Å². The molecule has 2 N–H and O–H groups in total. The number of carbonyl (C=O) groups excluding carboxylic acids is 1. The van der Waals surface area contributed by atoms with E-state index >= 15 is 0 Å². The summed E-state index contributed by atoms with van der Waals surface area (Å²) < 4.78 is 5.55. The van der Waals surface area contributed by atoms with Gasteiger partial charge in [-0.15, -0.1) is 5.10 Å². The SMILES string of the molecule is Cc1ccc(N2CCCC(NC(C)C(=O)NCC3CCCO3)C2)nn1. The molecule has 1 amide bonds. The van der Waals surface area contributed by atoms with Gasteiger partial charge in [-0.05, 0) is 51.7 Å². The molecule has 7 heteroatoms. The van der Waals surface area contributed by atoms with Crippen LogP contribution in [0.1, 0.15) is 38.3 Å². The largest absolute Gasteiger partial charge is 0.376 e. The van der Waals surface area contributed by atoms with Gasteiger partial charge in [0.15, 0.2) is 5.82 Å². The lowest BCUT2D eigenvalue weighted by Crippen LogP contribution is -2.53. The number of nitrogens with zero attached hydrogens (tertiary/aromatic N) is 3. The van der Waals surface area contributed by atoms with Crippen LogP contribution in [0.15, 0.2) is 12.1 Å². The highest BCUT2D eigenvalue weighted by Crippen LogP contribution is 2.17. The van der Waals surface area contributed by atoms with Crippen LogP contribution in [0.4, 0.5) is 5.82 Å². The number of nitrogens with one attached hydrogen (secondary N) is 2. The Hall–Kier alpha value is -1.73. The van der Waals surface area contributed by atoms with Gasteiger partial charge in [-0.1, -0.05) is 0 Å². The summed E-state index contributed by atoms with van der Waals surface area (Å²) >= 11 is 0. The summed E-state index contributed by atoms with van der Waals surface area (Å²) in [6.45, 7) is 7.12. The minimum absolute atomic E-state index is 0.0442. The van der Waals surface area contributed by atoms with E-state index in [1.807, 2.05) is 26.0 Å². The summed E-state index contributed by atoms with van der Waals surface area (Å²) in [5, 5.41) is 14.9. The Kier molecular flexibility index (Phi) is 6.20. The van der Waals surface area contributed by atoms with E-state index < -0.39 is 0 Å². The van der Waals surface area contributed by atoms with E-state index in [0.29, 0.717) is 6.54 Å². The molecule has 2 fully saturated rings. The van der Waals surface area contributed by atoms with Crippen molar-refractivity contribution in [2.75, 3.05) is 31.1 Å². The lowest BCUT2D eigenvalue weighted by atomic mass is 10.0. The fourth-order valence-corrected chi connectivity index (χ4v) is 3.48. The molecular formula is C18H29N5O2. The second-order valence-electron chi connectivity index (χ2n) is 7.09. The standard InChI is InChI=1S/C18H29N5O2/c1-13-7-8-17(22-21-13)23-9-3-5-15(12-23)20-14(2)18(24)19-11-16-6-4-10-25-16/h7-8,14-16,20H,3-6,9-12H2,1-2H3,(H,19,24). The van der Waals surface area contributed by atoms with Gasteiger partial charge in [0.05, 0.1) is 17.8 Å². The van der Waals surface area contributed by atoms with E-state index in [4.69, 9.17) is 4.74 Å². The molecule has 2 saturated heterocycles. The topological polar surface area (TPSA) is 79.4 Å². The molecule has 0 bridgehead atoms. The summed E-state index contributed by atoms with van der Waals surface area (Å²) in [7, 11) is 0. The highest BCUT2D eigenvalue weighted by molar-refractivity contribution is 5.81. The summed E-state index contributed by atoms with van der Waals surface area (Å²) in [5.74, 6) is 0.954. The third kappa shape index (κ3) is 5.12. The van der Waals surface area contributed by atoms with Crippen LogP contribution in [0.3, 0.4) is 0 Å². The van der Waals surface area contributed by atoms with Gasteiger partial charge >= 0.3 is 0 Å². The molecule has 0 aliphatic carbocycles. The fraction of sp³-hybridized carbons (Fsp3) is 0.722. The highest BCUT2D eigenvalue weighted by atomic mass is 16.5. The molecule has 0 saturated carbocycles. The molecule has 3 heterocycles. The Balaban J connectivity index is 1.46. The molecule has 1 aromatic rings. The van der Waals surface area contributed by atoms with Gasteiger partial charge in [-0.25, -0.2) is 0 Å². The van der Waals surface area contributed by atoms with Crippen molar-refractivity contribution in [2.45, 2.75) is 57.7 Å². The van der Waals surface area contributed by atoms with Crippen LogP contribution < -0.4 is 15.5 Å². The van der Waals surface area contributed by atoms with Crippen LogP contribution >= 0.6 is 0 Å². The van der Waals surface area contributed by atoms with Crippen LogP contribution in [0, 0.1) is 6.92 Å². The summed E-state index contributed by atoms with van der Waals surface area (Å²) in [4.78, 5) is 14.5. The van der Waals surface area contributed by atoms with E-state index in [1.54, 1.807) is 0 Å². The molecule has 7 nitrogen and oxygen atoms in total. The first-order valence-electron chi connectivity index (χ1n) is 9.32. The predicted octanol–water partition coefficient (Wildman–Crippen LogP) is 1.03. The van der Waals surface area contributed by atoms with Gasteiger partial charge in [0.2, 0.25) is 5.91 Å². The maximum atomic E-state index is 12.3. The van der Waals surface area contributed by atoms with Crippen molar-refractivity contribution in [1.82, 2.24) is 20.8 Å². The lowest BCUT2D eigenvalue weighted by Gasteiger charge is -2.35. The summed E-state index contributed by atoms with van der Waals surface area (Å²) in [6, 6.07) is 4.07. The molecule has 0 spiro atoms. The smallest absolute Gasteiger partial charge is 0.236 e. The second-order valence-corrected chi connectivity index (χ2v) is 7.09. The van der Waals surface area contributed by atoms with Gasteiger partial charge in [0.1, 0.15) is 0 Å². The Bertz CT molecular complexity index is 559. The number of hydrogen-bond donors (Lipinski definition) is 2. The normalized spacial score (nSPS) is 25.0. The Morgan fingerprint density at radius 1 is 1.36 bits per heavy atom. The Morgan fingerprint density at radius 3 is 2.96 bits per heavy atom. The number of carbonyl (C=O) groups is 1. The number of hydrogen-bond acceptors (Lipinski definition) is 6. The zero-order valence-corrected chi connectivity index (χ0v) is 15.2. The van der Waals surface area contributed by atoms with E-state index in [-0.39, 0.29) is 24.1 Å². The minimum Gasteiger partial charge on any atom is -0.376 e. The molecule has 1 aromatic heterocycles. The van der Waals surface area contributed by atoms with Gasteiger partial charge in [-0.2, -0.15) is 5.10 Å². The predicted molar refractivity (Wildman–Crippen MR) is 96.6 cm³/mol. The number of aromatic nitrogens is 2. The zero-order chi connectivity index (χ0) is 17.6. The number of ether oxygens (including phenoxy) is 1. The Morgan fingerprint density at radius 2 is 2.24 bits per heavy atom. The van der Waals surface area contributed by atoms with Crippen molar-refractivity contribution in [3.8, 4) is 0 Å². The van der Waals surface area contributed by atoms with Gasteiger partial charge in [0.25, 0.3) is 0 Å². The van der Waals surface area contributed by atoms with Crippen molar-refractivity contribution in [1.29, 1.82) is 0 Å². The van der Waals surface area contributed by atoms with Gasteiger partial charge in [-0.3, -0.25) is 4.79 Å². The molecule has 138 valence electrons. The van der Waals surface area contributed by atoms with Crippen LogP contribution in [-0.4, -0.2) is 60.5 Å². The summed E-state index contributed by atoms with van der Waals surface area (Å²) in [6.07, 6.45) is 4.46. The Labute approximate surface area is 149 Å². The van der Waals surface area contributed by atoms with Crippen LogP contribution in [0.2, 0.25) is 0 Å². The number of rotatable bonds is 6. The molecule has 2 aliphatic heterocycles. The van der Waals surface area contributed by atoms with Gasteiger partial charge in [0, 0.05) is 32.3 Å². The minimum atomic E-state index is -0.213. The van der Waals surface area contributed by atoms with Crippen LogP contribution in [-0.2, 0) is 9.53 Å². The third-order valence-electron chi connectivity index (χ3n) is 4.94. The molecule has 2 aliphatic rings. The molecule has 3 unspecified atom stereocenters. The van der Waals surface area contributed by atoms with E-state index in [1.165, 1.54) is 0 Å². The molecule has 0 aromatic carbocycles. The zero-order valence-electron chi connectivity index (χ0n) is 15.2. The maximum absolute atomic E-state index is 12.3. The van der Waals surface area contributed by atoms with Crippen molar-refractivity contribution >= 4 is 11.7 Å². The first-order chi connectivity index (χ1) is 12.1. The number of aryl methyl sites for hydroxylation is 1. The van der Waals surface area contributed by atoms with Crippen LogP contribution in [0.5, 0.6) is 0 Å². The third-order valence-corrected chi connectivity index (χ3v) is 4.94. The monoisotopic (exact) mass is 347 g/mol. The highest BCUT2D eigenvalue weighted by Gasteiger charge is 2.25. The summed E-state index contributed by atoms with van der Waals surface area (Å²) in [5.41, 5.74) is 0.923. The molecule has 0 radical (unpaired) electrons. The van der Waals surface area contributed by atoms with Crippen molar-refractivity contribution < 1.29 is 9.53 Å². The molecular weight excluding hydrogens is 318 g/mol. The second kappa shape index (κ2) is 8.58. The number of anilines is 1. The van der Waals surface area contributed by atoms with Crippen LogP contribution in [0.25, 0.3) is 0 Å². The fourth-order valence-electron chi connectivity index (χ4n) is 3.48. The van der Waals surface area contributed by atoms with E-state index in [9.17, 15) is 4.79 Å². The van der Waals surface area contributed by atoms with E-state index in [0.717, 1.165) is 56.9 Å². The molecule has 25 heavy (non-hydrogen) atoms.